The highest BCUT2D eigenvalue weighted by Gasteiger charge is 2.25. The first-order valence-corrected chi connectivity index (χ1v) is 11.8. The Morgan fingerprint density at radius 1 is 1.19 bits per heavy atom. The van der Waals surface area contributed by atoms with Gasteiger partial charge in [0.15, 0.2) is 10.8 Å². The lowest BCUT2D eigenvalue weighted by atomic mass is 10.3. The molecule has 3 rings (SSSR count). The molecule has 0 bridgehead atoms. The number of nitrogens with zero attached hydrogens (tertiary/aromatic N) is 5. The highest BCUT2D eigenvalue weighted by Crippen LogP contribution is 2.34. The Morgan fingerprint density at radius 3 is 2.55 bits per heavy atom. The fourth-order valence-corrected chi connectivity index (χ4v) is 4.63. The number of hydrogen-bond acceptors (Lipinski definition) is 6. The molecule has 7 nitrogen and oxygen atoms in total. The third kappa shape index (κ3) is 5.07. The number of hydrogen-bond donors (Lipinski definition) is 0. The van der Waals surface area contributed by atoms with Gasteiger partial charge in [0, 0.05) is 24.8 Å². The van der Waals surface area contributed by atoms with Crippen LogP contribution in [0.3, 0.4) is 0 Å². The Labute approximate surface area is 188 Å². The number of thiazole rings is 1. The average Bonchev–Trinajstić information content (AvgIpc) is 3.35. The molecule has 1 aromatic carbocycles. The van der Waals surface area contributed by atoms with Crippen molar-refractivity contribution in [2.75, 3.05) is 37.7 Å². The number of para-hydroxylation sites is 1. The zero-order chi connectivity index (χ0) is 22.5. The predicted octanol–water partition coefficient (Wildman–Crippen LogP) is 4.77. The van der Waals surface area contributed by atoms with E-state index in [0.29, 0.717) is 24.0 Å². The van der Waals surface area contributed by atoms with E-state index in [9.17, 15) is 4.79 Å². The van der Waals surface area contributed by atoms with E-state index in [4.69, 9.17) is 9.72 Å². The minimum atomic E-state index is -0.119. The summed E-state index contributed by atoms with van der Waals surface area (Å²) in [6, 6.07) is 7.97. The molecule has 2 heterocycles. The van der Waals surface area contributed by atoms with E-state index < -0.39 is 0 Å². The highest BCUT2D eigenvalue weighted by molar-refractivity contribution is 7.22. The van der Waals surface area contributed by atoms with Crippen LogP contribution in [0.5, 0.6) is 5.75 Å². The van der Waals surface area contributed by atoms with Gasteiger partial charge in [0.05, 0.1) is 11.3 Å². The zero-order valence-corrected chi connectivity index (χ0v) is 20.2. The summed E-state index contributed by atoms with van der Waals surface area (Å²) >= 11 is 1.51. The van der Waals surface area contributed by atoms with Crippen molar-refractivity contribution >= 4 is 32.6 Å². The van der Waals surface area contributed by atoms with E-state index in [1.807, 2.05) is 42.8 Å². The van der Waals surface area contributed by atoms with Gasteiger partial charge in [0.25, 0.3) is 5.91 Å². The molecule has 0 aliphatic carbocycles. The maximum absolute atomic E-state index is 13.6. The number of likely N-dealkylation sites (N-methyl/N-ethyl adjacent to an activating group) is 1. The normalized spacial score (nSPS) is 11.6. The van der Waals surface area contributed by atoms with Crippen LogP contribution in [0.1, 0.15) is 56.8 Å². The van der Waals surface area contributed by atoms with Gasteiger partial charge in [0.1, 0.15) is 11.3 Å². The topological polar surface area (TPSA) is 63.5 Å². The molecule has 0 saturated carbocycles. The largest absolute Gasteiger partial charge is 0.492 e. The fourth-order valence-electron chi connectivity index (χ4n) is 3.62. The monoisotopic (exact) mass is 443 g/mol. The van der Waals surface area contributed by atoms with Crippen molar-refractivity contribution in [1.29, 1.82) is 0 Å². The van der Waals surface area contributed by atoms with Crippen LogP contribution in [0.15, 0.2) is 24.3 Å². The Hall–Kier alpha value is -2.45. The maximum Gasteiger partial charge on any atom is 0.280 e. The highest BCUT2D eigenvalue weighted by atomic mass is 32.1. The van der Waals surface area contributed by atoms with E-state index in [2.05, 4.69) is 37.7 Å². The molecule has 0 N–H and O–H groups in total. The van der Waals surface area contributed by atoms with Gasteiger partial charge < -0.3 is 9.64 Å². The lowest BCUT2D eigenvalue weighted by molar-refractivity contribution is 0.0978. The molecule has 0 aliphatic rings. The first kappa shape index (κ1) is 23.2. The Bertz CT molecular complexity index is 1020. The van der Waals surface area contributed by atoms with Crippen molar-refractivity contribution in [1.82, 2.24) is 19.7 Å². The van der Waals surface area contributed by atoms with Crippen LogP contribution in [0.2, 0.25) is 0 Å². The van der Waals surface area contributed by atoms with Gasteiger partial charge in [-0.25, -0.2) is 4.98 Å². The summed E-state index contributed by atoms with van der Waals surface area (Å²) in [5, 5.41) is 5.26. The molecule has 3 aromatic rings. The van der Waals surface area contributed by atoms with Crippen LogP contribution in [-0.4, -0.2) is 58.4 Å². The molecule has 8 heteroatoms. The van der Waals surface area contributed by atoms with E-state index in [0.717, 1.165) is 41.3 Å². The van der Waals surface area contributed by atoms with Crippen LogP contribution in [0.25, 0.3) is 10.2 Å². The molecule has 2 aromatic heterocycles. The number of fused-ring (bicyclic) bond motifs is 1. The van der Waals surface area contributed by atoms with E-state index in [-0.39, 0.29) is 11.9 Å². The number of benzene rings is 1. The van der Waals surface area contributed by atoms with Gasteiger partial charge in [0.2, 0.25) is 0 Å². The smallest absolute Gasteiger partial charge is 0.280 e. The average molecular weight is 444 g/mol. The van der Waals surface area contributed by atoms with Crippen molar-refractivity contribution in [3.05, 3.63) is 35.7 Å². The van der Waals surface area contributed by atoms with Crippen molar-refractivity contribution < 1.29 is 9.53 Å². The molecule has 0 spiro atoms. The standard InChI is InChI=1S/C23H33N5O2S/c1-7-26(8-2)13-14-27(22(29)18-15-17(6)28(25-18)16(4)5)23-24-21-19(30-9-3)11-10-12-20(21)31-23/h10-12,15-16H,7-9,13-14H2,1-6H3. The van der Waals surface area contributed by atoms with Gasteiger partial charge in [-0.1, -0.05) is 31.3 Å². The summed E-state index contributed by atoms with van der Waals surface area (Å²) in [6.45, 7) is 16.1. The summed E-state index contributed by atoms with van der Waals surface area (Å²) in [5.74, 6) is 0.630. The number of rotatable bonds is 10. The Kier molecular flexibility index (Phi) is 7.67. The number of aryl methyl sites for hydroxylation is 1. The second-order valence-electron chi connectivity index (χ2n) is 7.73. The van der Waals surface area contributed by atoms with Crippen LogP contribution >= 0.6 is 11.3 Å². The van der Waals surface area contributed by atoms with Crippen LogP contribution in [0.4, 0.5) is 5.13 Å². The molecular formula is C23H33N5O2S. The summed E-state index contributed by atoms with van der Waals surface area (Å²) in [6.07, 6.45) is 0. The van der Waals surface area contributed by atoms with Crippen molar-refractivity contribution in [3.8, 4) is 5.75 Å². The summed E-state index contributed by atoms with van der Waals surface area (Å²) in [5.41, 5.74) is 2.23. The van der Waals surface area contributed by atoms with Crippen molar-refractivity contribution in [2.24, 2.45) is 0 Å². The Morgan fingerprint density at radius 2 is 1.94 bits per heavy atom. The first-order valence-electron chi connectivity index (χ1n) is 11.0. The van der Waals surface area contributed by atoms with Crippen LogP contribution in [0, 0.1) is 6.92 Å². The molecule has 0 aliphatic heterocycles. The molecular weight excluding hydrogens is 410 g/mol. The minimum absolute atomic E-state index is 0.119. The second-order valence-corrected chi connectivity index (χ2v) is 8.73. The summed E-state index contributed by atoms with van der Waals surface area (Å²) < 4.78 is 8.65. The maximum atomic E-state index is 13.6. The number of amides is 1. The number of carbonyl (C=O) groups is 1. The van der Waals surface area contributed by atoms with E-state index >= 15 is 0 Å². The van der Waals surface area contributed by atoms with Crippen molar-refractivity contribution in [3.63, 3.8) is 0 Å². The number of ether oxygens (including phenoxy) is 1. The van der Waals surface area contributed by atoms with Gasteiger partial charge in [-0.2, -0.15) is 5.10 Å². The van der Waals surface area contributed by atoms with Gasteiger partial charge in [-0.3, -0.25) is 14.4 Å². The number of carbonyl (C=O) groups excluding carboxylic acids is 1. The van der Waals surface area contributed by atoms with Crippen LogP contribution < -0.4 is 9.64 Å². The zero-order valence-electron chi connectivity index (χ0n) is 19.4. The van der Waals surface area contributed by atoms with Gasteiger partial charge in [-0.05, 0) is 59.0 Å². The molecule has 0 atom stereocenters. The lowest BCUT2D eigenvalue weighted by Gasteiger charge is -2.24. The van der Waals surface area contributed by atoms with Gasteiger partial charge >= 0.3 is 0 Å². The number of anilines is 1. The molecule has 0 saturated heterocycles. The molecule has 31 heavy (non-hydrogen) atoms. The third-order valence-electron chi connectivity index (χ3n) is 5.31. The number of aromatic nitrogens is 3. The SMILES string of the molecule is CCOc1cccc2sc(N(CCN(CC)CC)C(=O)c3cc(C)n(C(C)C)n3)nc12. The third-order valence-corrected chi connectivity index (χ3v) is 6.36. The molecule has 168 valence electrons. The minimum Gasteiger partial charge on any atom is -0.492 e. The lowest BCUT2D eigenvalue weighted by Crippen LogP contribution is -2.39. The molecule has 1 amide bonds. The Balaban J connectivity index is 2.00. The van der Waals surface area contributed by atoms with Gasteiger partial charge in [-0.15, -0.1) is 0 Å². The quantitative estimate of drug-likeness (QED) is 0.452. The predicted molar refractivity (Wildman–Crippen MR) is 128 cm³/mol. The summed E-state index contributed by atoms with van der Waals surface area (Å²) in [4.78, 5) is 22.5. The molecule has 0 unspecified atom stereocenters. The van der Waals surface area contributed by atoms with Crippen molar-refractivity contribution in [2.45, 2.75) is 47.6 Å². The fraction of sp³-hybridized carbons (Fsp3) is 0.522. The molecule has 0 fully saturated rings. The van der Waals surface area contributed by atoms with E-state index in [1.54, 1.807) is 4.90 Å². The summed E-state index contributed by atoms with van der Waals surface area (Å²) in [7, 11) is 0. The molecule has 0 radical (unpaired) electrons. The first-order chi connectivity index (χ1) is 14.9. The second kappa shape index (κ2) is 10.2. The van der Waals surface area contributed by atoms with E-state index in [1.165, 1.54) is 11.3 Å². The van der Waals surface area contributed by atoms with Crippen LogP contribution in [-0.2, 0) is 0 Å².